The molecule has 2 aromatic rings. The Balaban J connectivity index is 1.90. The second-order valence-corrected chi connectivity index (χ2v) is 6.39. The van der Waals surface area contributed by atoms with E-state index in [9.17, 15) is 13.6 Å². The monoisotopic (exact) mass is 346 g/mol. The third kappa shape index (κ3) is 5.96. The molecular weight excluding hydrogens is 322 g/mol. The number of carbonyl (C=O) groups excluding carboxylic acids is 1. The molecule has 0 fully saturated rings. The van der Waals surface area contributed by atoms with E-state index in [-0.39, 0.29) is 18.0 Å². The lowest BCUT2D eigenvalue weighted by Crippen LogP contribution is -2.09. The highest BCUT2D eigenvalue weighted by Crippen LogP contribution is 2.26. The minimum Gasteiger partial charge on any atom is -0.423 e. The average Bonchev–Trinajstić information content (AvgIpc) is 2.61. The van der Waals surface area contributed by atoms with E-state index < -0.39 is 11.8 Å². The van der Waals surface area contributed by atoms with Crippen molar-refractivity contribution >= 4 is 5.97 Å². The summed E-state index contributed by atoms with van der Waals surface area (Å²) in [6, 6.07) is 10.2. The molecule has 25 heavy (non-hydrogen) atoms. The van der Waals surface area contributed by atoms with Gasteiger partial charge in [-0.25, -0.2) is 8.78 Å². The van der Waals surface area contributed by atoms with E-state index in [0.29, 0.717) is 17.0 Å². The van der Waals surface area contributed by atoms with Crippen molar-refractivity contribution in [2.45, 2.75) is 46.0 Å². The van der Waals surface area contributed by atoms with Gasteiger partial charge < -0.3 is 4.74 Å². The fourth-order valence-electron chi connectivity index (χ4n) is 2.55. The van der Waals surface area contributed by atoms with Crippen molar-refractivity contribution in [3.8, 4) is 16.9 Å². The summed E-state index contributed by atoms with van der Waals surface area (Å²) < 4.78 is 32.2. The minimum absolute atomic E-state index is 0.0715. The van der Waals surface area contributed by atoms with Crippen LogP contribution in [0.2, 0.25) is 0 Å². The summed E-state index contributed by atoms with van der Waals surface area (Å²) in [6.45, 7) is 4.34. The van der Waals surface area contributed by atoms with E-state index in [4.69, 9.17) is 4.74 Å². The van der Waals surface area contributed by atoms with Crippen LogP contribution in [0, 0.1) is 17.6 Å². The third-order valence-electron chi connectivity index (χ3n) is 4.36. The highest BCUT2D eigenvalue weighted by molar-refractivity contribution is 5.73. The zero-order valence-electron chi connectivity index (χ0n) is 14.7. The summed E-state index contributed by atoms with van der Waals surface area (Å²) >= 11 is 0. The Bertz CT molecular complexity index is 696. The molecule has 2 rings (SSSR count). The fraction of sp³-hybridized carbons (Fsp3) is 0.381. The standard InChI is InChI=1S/C21H24F2O2/c1-3-15(2)6-4-5-7-21(24)25-20-13-10-17(14-19(20)23)16-8-11-18(22)12-9-16/h8-15H,3-7H2,1-2H3. The van der Waals surface area contributed by atoms with E-state index in [1.165, 1.54) is 24.3 Å². The number of ether oxygens (including phenoxy) is 1. The van der Waals surface area contributed by atoms with Crippen LogP contribution in [0.15, 0.2) is 42.5 Å². The van der Waals surface area contributed by atoms with E-state index in [2.05, 4.69) is 13.8 Å². The zero-order valence-corrected chi connectivity index (χ0v) is 14.7. The van der Waals surface area contributed by atoms with Gasteiger partial charge in [-0.1, -0.05) is 51.3 Å². The zero-order chi connectivity index (χ0) is 18.2. The maximum atomic E-state index is 14.2. The number of benzene rings is 2. The lowest BCUT2D eigenvalue weighted by Gasteiger charge is -2.09. The van der Waals surface area contributed by atoms with Crippen molar-refractivity contribution in [3.63, 3.8) is 0 Å². The Hall–Kier alpha value is -2.23. The first-order chi connectivity index (χ1) is 12.0. The van der Waals surface area contributed by atoms with Gasteiger partial charge in [0.1, 0.15) is 5.82 Å². The molecule has 0 N–H and O–H groups in total. The van der Waals surface area contributed by atoms with Crippen LogP contribution in [-0.2, 0) is 4.79 Å². The van der Waals surface area contributed by atoms with Crippen LogP contribution in [-0.4, -0.2) is 5.97 Å². The van der Waals surface area contributed by atoms with Gasteiger partial charge in [-0.15, -0.1) is 0 Å². The molecule has 0 aliphatic carbocycles. The number of halogens is 2. The Morgan fingerprint density at radius 3 is 2.36 bits per heavy atom. The van der Waals surface area contributed by atoms with E-state index in [1.807, 2.05) is 0 Å². The van der Waals surface area contributed by atoms with Crippen LogP contribution in [0.5, 0.6) is 5.75 Å². The molecule has 2 aromatic carbocycles. The molecule has 0 amide bonds. The van der Waals surface area contributed by atoms with E-state index >= 15 is 0 Å². The molecule has 1 unspecified atom stereocenters. The molecule has 0 saturated carbocycles. The Morgan fingerprint density at radius 1 is 1.04 bits per heavy atom. The van der Waals surface area contributed by atoms with Gasteiger partial charge in [0, 0.05) is 6.42 Å². The Kier molecular flexibility index (Phi) is 7.11. The van der Waals surface area contributed by atoms with Crippen molar-refractivity contribution in [1.82, 2.24) is 0 Å². The molecule has 0 radical (unpaired) electrons. The number of rotatable bonds is 8. The van der Waals surface area contributed by atoms with Crippen LogP contribution in [0.3, 0.4) is 0 Å². The van der Waals surface area contributed by atoms with Crippen LogP contribution < -0.4 is 4.74 Å². The number of hydrogen-bond acceptors (Lipinski definition) is 2. The van der Waals surface area contributed by atoms with Gasteiger partial charge in [-0.2, -0.15) is 0 Å². The molecule has 0 heterocycles. The molecule has 0 aliphatic heterocycles. The van der Waals surface area contributed by atoms with Gasteiger partial charge >= 0.3 is 5.97 Å². The van der Waals surface area contributed by atoms with Crippen LogP contribution in [0.25, 0.3) is 11.1 Å². The van der Waals surface area contributed by atoms with Gasteiger partial charge in [-0.05, 0) is 47.7 Å². The average molecular weight is 346 g/mol. The van der Waals surface area contributed by atoms with Crippen molar-refractivity contribution in [2.75, 3.05) is 0 Å². The minimum atomic E-state index is -0.602. The predicted molar refractivity (Wildman–Crippen MR) is 95.4 cm³/mol. The number of hydrogen-bond donors (Lipinski definition) is 0. The van der Waals surface area contributed by atoms with E-state index in [0.717, 1.165) is 25.7 Å². The third-order valence-corrected chi connectivity index (χ3v) is 4.36. The van der Waals surface area contributed by atoms with Gasteiger partial charge in [-0.3, -0.25) is 4.79 Å². The van der Waals surface area contributed by atoms with Crippen molar-refractivity contribution in [3.05, 3.63) is 54.1 Å². The van der Waals surface area contributed by atoms with Crippen LogP contribution in [0.1, 0.15) is 46.0 Å². The summed E-state index contributed by atoms with van der Waals surface area (Å²) in [5, 5.41) is 0. The quantitative estimate of drug-likeness (QED) is 0.326. The lowest BCUT2D eigenvalue weighted by atomic mass is 10.0. The summed E-state index contributed by atoms with van der Waals surface area (Å²) in [6.07, 6.45) is 4.23. The SMILES string of the molecule is CCC(C)CCCCC(=O)Oc1ccc(-c2ccc(F)cc2)cc1F. The number of carbonyl (C=O) groups is 1. The summed E-state index contributed by atoms with van der Waals surface area (Å²) in [4.78, 5) is 11.8. The second-order valence-electron chi connectivity index (χ2n) is 6.39. The number of esters is 1. The van der Waals surface area contributed by atoms with Crippen LogP contribution >= 0.6 is 0 Å². The van der Waals surface area contributed by atoms with Crippen molar-refractivity contribution in [1.29, 1.82) is 0 Å². The maximum Gasteiger partial charge on any atom is 0.311 e. The van der Waals surface area contributed by atoms with Crippen LogP contribution in [0.4, 0.5) is 8.78 Å². The van der Waals surface area contributed by atoms with E-state index in [1.54, 1.807) is 18.2 Å². The summed E-state index contributed by atoms with van der Waals surface area (Å²) in [5.41, 5.74) is 1.30. The molecular formula is C21H24F2O2. The smallest absolute Gasteiger partial charge is 0.311 e. The first kappa shape index (κ1) is 19.1. The first-order valence-corrected chi connectivity index (χ1v) is 8.75. The van der Waals surface area contributed by atoms with Gasteiger partial charge in [0.2, 0.25) is 0 Å². The topological polar surface area (TPSA) is 26.3 Å². The predicted octanol–water partition coefficient (Wildman–Crippen LogP) is 6.14. The lowest BCUT2D eigenvalue weighted by molar-refractivity contribution is -0.134. The molecule has 0 aliphatic rings. The second kappa shape index (κ2) is 9.30. The normalized spacial score (nSPS) is 12.0. The molecule has 0 saturated heterocycles. The molecule has 0 bridgehead atoms. The molecule has 134 valence electrons. The summed E-state index contributed by atoms with van der Waals surface area (Å²) in [5.74, 6) is -0.777. The highest BCUT2D eigenvalue weighted by atomic mass is 19.1. The highest BCUT2D eigenvalue weighted by Gasteiger charge is 2.11. The van der Waals surface area contributed by atoms with Crippen molar-refractivity contribution in [2.24, 2.45) is 5.92 Å². The Labute approximate surface area is 147 Å². The van der Waals surface area contributed by atoms with Gasteiger partial charge in [0.15, 0.2) is 11.6 Å². The number of unbranched alkanes of at least 4 members (excludes halogenated alkanes) is 1. The van der Waals surface area contributed by atoms with Gasteiger partial charge in [0.25, 0.3) is 0 Å². The maximum absolute atomic E-state index is 14.2. The molecule has 0 spiro atoms. The molecule has 4 heteroatoms. The molecule has 2 nitrogen and oxygen atoms in total. The Morgan fingerprint density at radius 2 is 1.72 bits per heavy atom. The molecule has 0 aromatic heterocycles. The summed E-state index contributed by atoms with van der Waals surface area (Å²) in [7, 11) is 0. The largest absolute Gasteiger partial charge is 0.423 e. The fourth-order valence-corrected chi connectivity index (χ4v) is 2.55. The first-order valence-electron chi connectivity index (χ1n) is 8.75. The molecule has 1 atom stereocenters. The van der Waals surface area contributed by atoms with Gasteiger partial charge in [0.05, 0.1) is 0 Å². The van der Waals surface area contributed by atoms with Crippen molar-refractivity contribution < 1.29 is 18.3 Å².